The molecule has 0 saturated carbocycles. The average molecular weight is 378 g/mol. The number of carbonyl (C=O) groups excluding carboxylic acids is 2. The van der Waals surface area contributed by atoms with Crippen molar-refractivity contribution in [2.24, 2.45) is 5.92 Å². The first-order chi connectivity index (χ1) is 13.5. The highest BCUT2D eigenvalue weighted by molar-refractivity contribution is 5.96. The Morgan fingerprint density at radius 2 is 1.79 bits per heavy atom. The second-order valence-electron chi connectivity index (χ2n) is 7.45. The van der Waals surface area contributed by atoms with Gasteiger partial charge in [0.15, 0.2) is 0 Å². The van der Waals surface area contributed by atoms with Crippen LogP contribution in [0.2, 0.25) is 0 Å². The van der Waals surface area contributed by atoms with Crippen LogP contribution in [0.15, 0.2) is 48.5 Å². The van der Waals surface area contributed by atoms with E-state index in [1.54, 1.807) is 4.90 Å². The summed E-state index contributed by atoms with van der Waals surface area (Å²) < 4.78 is 0. The summed E-state index contributed by atoms with van der Waals surface area (Å²) in [5.41, 5.74) is 3.57. The maximum absolute atomic E-state index is 12.8. The van der Waals surface area contributed by atoms with Gasteiger partial charge in [0.05, 0.1) is 5.92 Å². The SMILES string of the molecule is O=C1Nc2ccccc2CC1CCC(=O)N1Cc2ccccc2C(C(=O)O)C1. The van der Waals surface area contributed by atoms with Crippen LogP contribution in [0.3, 0.4) is 0 Å². The van der Waals surface area contributed by atoms with Gasteiger partial charge in [0, 0.05) is 31.1 Å². The van der Waals surface area contributed by atoms with Crippen molar-refractivity contribution in [2.75, 3.05) is 11.9 Å². The summed E-state index contributed by atoms with van der Waals surface area (Å²) in [5, 5.41) is 12.5. The van der Waals surface area contributed by atoms with Gasteiger partial charge in [-0.15, -0.1) is 0 Å². The molecule has 2 amide bonds. The molecule has 2 N–H and O–H groups in total. The minimum atomic E-state index is -0.923. The van der Waals surface area contributed by atoms with E-state index in [0.717, 1.165) is 22.4 Å². The zero-order valence-electron chi connectivity index (χ0n) is 15.4. The topological polar surface area (TPSA) is 86.7 Å². The maximum atomic E-state index is 12.8. The van der Waals surface area contributed by atoms with Gasteiger partial charge in [-0.1, -0.05) is 42.5 Å². The molecule has 0 bridgehead atoms. The molecule has 2 heterocycles. The van der Waals surface area contributed by atoms with Gasteiger partial charge in [0.25, 0.3) is 0 Å². The molecular formula is C22H22N2O4. The molecule has 0 aliphatic carbocycles. The number of hydrogen-bond acceptors (Lipinski definition) is 3. The van der Waals surface area contributed by atoms with E-state index in [0.29, 0.717) is 19.4 Å². The molecule has 2 unspecified atom stereocenters. The first kappa shape index (κ1) is 18.2. The molecule has 0 aromatic heterocycles. The van der Waals surface area contributed by atoms with E-state index in [2.05, 4.69) is 5.32 Å². The number of carbonyl (C=O) groups is 3. The van der Waals surface area contributed by atoms with Crippen molar-refractivity contribution in [1.82, 2.24) is 4.90 Å². The van der Waals surface area contributed by atoms with Crippen LogP contribution in [0.25, 0.3) is 0 Å². The van der Waals surface area contributed by atoms with Gasteiger partial charge in [0.2, 0.25) is 11.8 Å². The highest BCUT2D eigenvalue weighted by Crippen LogP contribution is 2.31. The molecule has 4 rings (SSSR count). The van der Waals surface area contributed by atoms with Crippen molar-refractivity contribution in [3.05, 3.63) is 65.2 Å². The Kier molecular flexibility index (Phi) is 4.86. The summed E-state index contributed by atoms with van der Waals surface area (Å²) in [6.45, 7) is 0.587. The third-order valence-electron chi connectivity index (χ3n) is 5.66. The van der Waals surface area contributed by atoms with Gasteiger partial charge in [-0.3, -0.25) is 14.4 Å². The van der Waals surface area contributed by atoms with Crippen molar-refractivity contribution in [1.29, 1.82) is 0 Å². The van der Waals surface area contributed by atoms with Crippen LogP contribution in [0.1, 0.15) is 35.4 Å². The van der Waals surface area contributed by atoms with Crippen molar-refractivity contribution in [2.45, 2.75) is 31.7 Å². The second-order valence-corrected chi connectivity index (χ2v) is 7.45. The molecule has 2 atom stereocenters. The number of nitrogens with zero attached hydrogens (tertiary/aromatic N) is 1. The first-order valence-electron chi connectivity index (χ1n) is 9.50. The number of para-hydroxylation sites is 1. The van der Waals surface area contributed by atoms with Crippen molar-refractivity contribution in [3.63, 3.8) is 0 Å². The Morgan fingerprint density at radius 3 is 2.57 bits per heavy atom. The van der Waals surface area contributed by atoms with Gasteiger partial charge < -0.3 is 15.3 Å². The standard InChI is InChI=1S/C22H22N2O4/c25-20(10-9-15-11-14-5-2-4-8-19(14)23-21(15)26)24-12-16-6-1-3-7-17(16)18(13-24)22(27)28/h1-8,15,18H,9-13H2,(H,23,26)(H,27,28). The van der Waals surface area contributed by atoms with E-state index in [4.69, 9.17) is 0 Å². The normalized spacial score (nSPS) is 20.7. The predicted molar refractivity (Wildman–Crippen MR) is 104 cm³/mol. The predicted octanol–water partition coefficient (Wildman–Crippen LogP) is 2.79. The Bertz CT molecular complexity index is 940. The minimum absolute atomic E-state index is 0.0566. The van der Waals surface area contributed by atoms with Crippen LogP contribution in [0.4, 0.5) is 5.69 Å². The fraction of sp³-hybridized carbons (Fsp3) is 0.318. The fourth-order valence-electron chi connectivity index (χ4n) is 4.11. The number of carboxylic acids is 1. The number of aliphatic carboxylic acids is 1. The zero-order chi connectivity index (χ0) is 19.7. The maximum Gasteiger partial charge on any atom is 0.312 e. The van der Waals surface area contributed by atoms with Crippen LogP contribution in [0.5, 0.6) is 0 Å². The molecule has 0 saturated heterocycles. The molecule has 0 spiro atoms. The number of anilines is 1. The molecular weight excluding hydrogens is 356 g/mol. The molecule has 6 heteroatoms. The highest BCUT2D eigenvalue weighted by atomic mass is 16.4. The van der Waals surface area contributed by atoms with Crippen LogP contribution in [-0.2, 0) is 27.3 Å². The number of hydrogen-bond donors (Lipinski definition) is 2. The van der Waals surface area contributed by atoms with Crippen LogP contribution in [0, 0.1) is 5.92 Å². The lowest BCUT2D eigenvalue weighted by atomic mass is 9.88. The Labute approximate surface area is 163 Å². The molecule has 28 heavy (non-hydrogen) atoms. The summed E-state index contributed by atoms with van der Waals surface area (Å²) in [6, 6.07) is 15.1. The van der Waals surface area contributed by atoms with E-state index >= 15 is 0 Å². The second kappa shape index (κ2) is 7.46. The number of rotatable bonds is 4. The molecule has 2 aromatic carbocycles. The van der Waals surface area contributed by atoms with E-state index in [1.165, 1.54) is 0 Å². The number of fused-ring (bicyclic) bond motifs is 2. The highest BCUT2D eigenvalue weighted by Gasteiger charge is 2.33. The largest absolute Gasteiger partial charge is 0.481 e. The van der Waals surface area contributed by atoms with Gasteiger partial charge in [-0.05, 0) is 35.6 Å². The zero-order valence-corrected chi connectivity index (χ0v) is 15.4. The molecule has 144 valence electrons. The van der Waals surface area contributed by atoms with Crippen LogP contribution < -0.4 is 5.32 Å². The summed E-state index contributed by atoms with van der Waals surface area (Å²) in [4.78, 5) is 38.4. The quantitative estimate of drug-likeness (QED) is 0.857. The summed E-state index contributed by atoms with van der Waals surface area (Å²) in [5.74, 6) is -2.04. The minimum Gasteiger partial charge on any atom is -0.481 e. The Morgan fingerprint density at radius 1 is 1.07 bits per heavy atom. The van der Waals surface area contributed by atoms with E-state index in [9.17, 15) is 19.5 Å². The van der Waals surface area contributed by atoms with E-state index < -0.39 is 11.9 Å². The number of benzene rings is 2. The lowest BCUT2D eigenvalue weighted by Gasteiger charge is -2.33. The summed E-state index contributed by atoms with van der Waals surface area (Å²) in [7, 11) is 0. The summed E-state index contributed by atoms with van der Waals surface area (Å²) >= 11 is 0. The third-order valence-corrected chi connectivity index (χ3v) is 5.66. The molecule has 6 nitrogen and oxygen atoms in total. The molecule has 0 radical (unpaired) electrons. The van der Waals surface area contributed by atoms with Crippen LogP contribution in [-0.4, -0.2) is 34.3 Å². The Balaban J connectivity index is 1.42. The average Bonchev–Trinajstić information content (AvgIpc) is 2.71. The van der Waals surface area contributed by atoms with Gasteiger partial charge >= 0.3 is 5.97 Å². The van der Waals surface area contributed by atoms with Crippen molar-refractivity contribution < 1.29 is 19.5 Å². The Hall–Kier alpha value is -3.15. The summed E-state index contributed by atoms with van der Waals surface area (Å²) in [6.07, 6.45) is 1.31. The van der Waals surface area contributed by atoms with Crippen molar-refractivity contribution >= 4 is 23.5 Å². The van der Waals surface area contributed by atoms with Gasteiger partial charge in [-0.2, -0.15) is 0 Å². The monoisotopic (exact) mass is 378 g/mol. The van der Waals surface area contributed by atoms with Crippen molar-refractivity contribution in [3.8, 4) is 0 Å². The molecule has 0 fully saturated rings. The third kappa shape index (κ3) is 3.50. The molecule has 2 aliphatic rings. The fourth-order valence-corrected chi connectivity index (χ4v) is 4.11. The lowest BCUT2D eigenvalue weighted by Crippen LogP contribution is -2.41. The van der Waals surface area contributed by atoms with Crippen LogP contribution >= 0.6 is 0 Å². The number of nitrogens with one attached hydrogen (secondary N) is 1. The molecule has 2 aliphatic heterocycles. The first-order valence-corrected chi connectivity index (χ1v) is 9.50. The van der Waals surface area contributed by atoms with Gasteiger partial charge in [0.1, 0.15) is 0 Å². The van der Waals surface area contributed by atoms with E-state index in [-0.39, 0.29) is 30.7 Å². The number of carboxylic acid groups (broad SMARTS) is 1. The van der Waals surface area contributed by atoms with E-state index in [1.807, 2.05) is 48.5 Å². The smallest absolute Gasteiger partial charge is 0.312 e. The van der Waals surface area contributed by atoms with Gasteiger partial charge in [-0.25, -0.2) is 0 Å². The molecule has 2 aromatic rings. The lowest BCUT2D eigenvalue weighted by molar-refractivity contribution is -0.141. The number of amides is 2.